The molecule has 0 spiro atoms. The van der Waals surface area contributed by atoms with Crippen LogP contribution in [0.4, 0.5) is 0 Å². The highest BCUT2D eigenvalue weighted by molar-refractivity contribution is 6.18. The van der Waals surface area contributed by atoms with Crippen LogP contribution in [0.2, 0.25) is 0 Å². The number of amides is 4. The van der Waals surface area contributed by atoms with Crippen molar-refractivity contribution in [2.75, 3.05) is 26.2 Å². The summed E-state index contributed by atoms with van der Waals surface area (Å²) < 4.78 is 12.0. The van der Waals surface area contributed by atoms with E-state index in [9.17, 15) is 19.2 Å². The van der Waals surface area contributed by atoms with Crippen molar-refractivity contribution in [3.05, 3.63) is 71.8 Å². The lowest BCUT2D eigenvalue weighted by Crippen LogP contribution is -2.54. The van der Waals surface area contributed by atoms with Crippen LogP contribution in [0.25, 0.3) is 0 Å². The first-order valence-corrected chi connectivity index (χ1v) is 18.7. The molecule has 0 heterocycles. The van der Waals surface area contributed by atoms with Gasteiger partial charge in [0.1, 0.15) is 23.3 Å². The topological polar surface area (TPSA) is 187 Å². The summed E-state index contributed by atoms with van der Waals surface area (Å²) in [4.78, 5) is 54.5. The van der Waals surface area contributed by atoms with Gasteiger partial charge < -0.3 is 42.0 Å². The van der Waals surface area contributed by atoms with Gasteiger partial charge in [0.2, 0.25) is 23.6 Å². The molecular formula is C38H57BN6O6. The van der Waals surface area contributed by atoms with Crippen LogP contribution in [0, 0.1) is 10.8 Å². The van der Waals surface area contributed by atoms with Crippen molar-refractivity contribution in [1.29, 1.82) is 0 Å². The molecule has 0 bridgehead atoms. The SMILES string of the molecule is NCCCC(NC(=O)C1(C(=O)NCCc2ccccc2)CCCC1)OBOC(CCCN)NC(=O)C1(C(=O)NCCc2ccccc2)CCCC1. The van der Waals surface area contributed by atoms with Crippen LogP contribution < -0.4 is 32.7 Å². The van der Waals surface area contributed by atoms with Gasteiger partial charge in [0.15, 0.2) is 0 Å². The molecule has 278 valence electrons. The molecule has 2 aliphatic carbocycles. The summed E-state index contributed by atoms with van der Waals surface area (Å²) in [5.74, 6) is -1.27. The molecule has 0 aromatic heterocycles. The third-order valence-electron chi connectivity index (χ3n) is 10.2. The van der Waals surface area contributed by atoms with Crippen molar-refractivity contribution >= 4 is 31.3 Å². The Kier molecular flexibility index (Phi) is 16.4. The summed E-state index contributed by atoms with van der Waals surface area (Å²) in [7, 11) is -0.239. The number of carbonyl (C=O) groups excluding carboxylic acids is 4. The molecule has 4 amide bonds. The minimum atomic E-state index is -1.17. The van der Waals surface area contributed by atoms with E-state index in [4.69, 9.17) is 20.8 Å². The van der Waals surface area contributed by atoms with Crippen molar-refractivity contribution in [3.63, 3.8) is 0 Å². The van der Waals surface area contributed by atoms with E-state index in [1.165, 1.54) is 0 Å². The Morgan fingerprint density at radius 3 is 1.33 bits per heavy atom. The molecule has 2 unspecified atom stereocenters. The third kappa shape index (κ3) is 11.6. The first-order chi connectivity index (χ1) is 24.8. The predicted molar refractivity (Wildman–Crippen MR) is 198 cm³/mol. The normalized spacial score (nSPS) is 17.2. The molecule has 2 atom stereocenters. The predicted octanol–water partition coefficient (Wildman–Crippen LogP) is 2.49. The van der Waals surface area contributed by atoms with Gasteiger partial charge in [-0.25, -0.2) is 0 Å². The van der Waals surface area contributed by atoms with Crippen LogP contribution in [-0.2, 0) is 41.3 Å². The Hall–Kier alpha value is -3.78. The van der Waals surface area contributed by atoms with Gasteiger partial charge in [-0.3, -0.25) is 19.2 Å². The molecule has 2 fully saturated rings. The Morgan fingerprint density at radius 1 is 0.608 bits per heavy atom. The molecule has 2 aliphatic rings. The van der Waals surface area contributed by atoms with Crippen LogP contribution >= 0.6 is 0 Å². The van der Waals surface area contributed by atoms with Crippen LogP contribution in [0.3, 0.4) is 0 Å². The standard InChI is InChI=1S/C38H57BN6O6/c40-25-11-17-31(44-35(48)37(21-7-8-22-37)33(46)42-27-19-29-13-3-1-4-14-29)50-39-51-32(18-12-26-41)45-36(49)38(23-9-10-24-38)34(47)43-28-20-30-15-5-2-6-16-30/h1-6,13-16,31-32,39H,7-12,17-28,40-41H2,(H,42,46)(H,43,47)(H,44,48)(H,45,49). The molecule has 2 aromatic rings. The van der Waals surface area contributed by atoms with Gasteiger partial charge in [-0.15, -0.1) is 0 Å². The Morgan fingerprint density at radius 2 is 0.980 bits per heavy atom. The van der Waals surface area contributed by atoms with E-state index in [0.717, 1.165) is 36.8 Å². The smallest absolute Gasteiger partial charge is 0.393 e. The van der Waals surface area contributed by atoms with E-state index in [1.54, 1.807) is 0 Å². The van der Waals surface area contributed by atoms with Crippen LogP contribution in [0.1, 0.15) is 88.2 Å². The Labute approximate surface area is 303 Å². The number of nitrogens with one attached hydrogen (secondary N) is 4. The van der Waals surface area contributed by atoms with E-state index < -0.39 is 23.3 Å². The lowest BCUT2D eigenvalue weighted by molar-refractivity contribution is -0.146. The van der Waals surface area contributed by atoms with Crippen LogP contribution in [-0.4, -0.2) is 69.9 Å². The molecule has 0 saturated heterocycles. The lowest BCUT2D eigenvalue weighted by atomic mass is 9.83. The Balaban J connectivity index is 1.32. The van der Waals surface area contributed by atoms with Crippen LogP contribution in [0.15, 0.2) is 60.7 Å². The van der Waals surface area contributed by atoms with E-state index in [2.05, 4.69) is 21.3 Å². The highest BCUT2D eigenvalue weighted by Crippen LogP contribution is 2.40. The summed E-state index contributed by atoms with van der Waals surface area (Å²) in [6.07, 6.45) is 6.83. The second-order valence-electron chi connectivity index (χ2n) is 13.8. The van der Waals surface area contributed by atoms with Gasteiger partial charge in [-0.1, -0.05) is 86.3 Å². The zero-order valence-corrected chi connectivity index (χ0v) is 30.0. The highest BCUT2D eigenvalue weighted by Gasteiger charge is 2.49. The minimum Gasteiger partial charge on any atom is -0.393 e. The van der Waals surface area contributed by atoms with Crippen molar-refractivity contribution in [1.82, 2.24) is 21.3 Å². The van der Waals surface area contributed by atoms with E-state index >= 15 is 0 Å². The molecule has 12 nitrogen and oxygen atoms in total. The average Bonchev–Trinajstić information content (AvgIpc) is 3.86. The zero-order chi connectivity index (χ0) is 36.4. The molecular weight excluding hydrogens is 647 g/mol. The minimum absolute atomic E-state index is 0.239. The van der Waals surface area contributed by atoms with E-state index in [-0.39, 0.29) is 31.3 Å². The van der Waals surface area contributed by atoms with Gasteiger partial charge in [0.05, 0.1) is 0 Å². The quantitative estimate of drug-likeness (QED) is 0.0613. The molecule has 2 aromatic carbocycles. The molecule has 2 saturated carbocycles. The molecule has 8 N–H and O–H groups in total. The largest absolute Gasteiger partial charge is 0.441 e. The van der Waals surface area contributed by atoms with Gasteiger partial charge in [-0.05, 0) is 88.4 Å². The van der Waals surface area contributed by atoms with Gasteiger partial charge in [0, 0.05) is 13.1 Å². The number of carbonyl (C=O) groups is 4. The van der Waals surface area contributed by atoms with Crippen LogP contribution in [0.5, 0.6) is 0 Å². The van der Waals surface area contributed by atoms with Crippen molar-refractivity contribution < 1.29 is 28.5 Å². The van der Waals surface area contributed by atoms with Gasteiger partial charge in [-0.2, -0.15) is 0 Å². The zero-order valence-electron chi connectivity index (χ0n) is 30.0. The number of rotatable bonds is 22. The van der Waals surface area contributed by atoms with Crippen molar-refractivity contribution in [2.45, 2.75) is 102 Å². The lowest BCUT2D eigenvalue weighted by Gasteiger charge is -2.31. The maximum absolute atomic E-state index is 13.8. The molecule has 0 radical (unpaired) electrons. The number of benzene rings is 2. The maximum atomic E-state index is 13.8. The highest BCUT2D eigenvalue weighted by atomic mass is 16.6. The molecule has 0 aliphatic heterocycles. The number of hydrogen-bond donors (Lipinski definition) is 6. The first-order valence-electron chi connectivity index (χ1n) is 18.7. The van der Waals surface area contributed by atoms with Gasteiger partial charge in [0.25, 0.3) is 0 Å². The number of hydrogen-bond acceptors (Lipinski definition) is 8. The van der Waals surface area contributed by atoms with E-state index in [1.807, 2.05) is 60.7 Å². The molecule has 13 heteroatoms. The monoisotopic (exact) mass is 704 g/mol. The third-order valence-corrected chi connectivity index (χ3v) is 10.2. The van der Waals surface area contributed by atoms with Gasteiger partial charge >= 0.3 is 7.69 Å². The fourth-order valence-electron chi connectivity index (χ4n) is 7.11. The Bertz CT molecular complexity index is 1270. The first kappa shape index (κ1) is 40.0. The summed E-state index contributed by atoms with van der Waals surface area (Å²) in [6, 6.07) is 19.8. The fraction of sp³-hybridized carbons (Fsp3) is 0.579. The summed E-state index contributed by atoms with van der Waals surface area (Å²) in [5, 5.41) is 11.9. The van der Waals surface area contributed by atoms with Crippen molar-refractivity contribution in [3.8, 4) is 0 Å². The average molecular weight is 705 g/mol. The van der Waals surface area contributed by atoms with E-state index in [0.29, 0.717) is 90.4 Å². The molecule has 51 heavy (non-hydrogen) atoms. The second kappa shape index (κ2) is 20.9. The second-order valence-corrected chi connectivity index (χ2v) is 13.8. The number of nitrogens with two attached hydrogens (primary N) is 2. The fourth-order valence-corrected chi connectivity index (χ4v) is 7.11. The summed E-state index contributed by atoms with van der Waals surface area (Å²) >= 11 is 0. The maximum Gasteiger partial charge on any atom is 0.441 e. The summed E-state index contributed by atoms with van der Waals surface area (Å²) in [6.45, 7) is 1.66. The molecule has 4 rings (SSSR count). The summed E-state index contributed by atoms with van der Waals surface area (Å²) in [5.41, 5.74) is 11.5. The van der Waals surface area contributed by atoms with Crippen molar-refractivity contribution in [2.24, 2.45) is 22.3 Å².